The molecular formula is C18H15FN4O2S. The molecule has 3 heterocycles. The number of pyridine rings is 1. The van der Waals surface area contributed by atoms with E-state index in [4.69, 9.17) is 0 Å². The molecule has 1 aromatic carbocycles. The van der Waals surface area contributed by atoms with E-state index < -0.39 is 10.8 Å². The van der Waals surface area contributed by atoms with Crippen LogP contribution in [0.2, 0.25) is 0 Å². The van der Waals surface area contributed by atoms with Gasteiger partial charge in [-0.05, 0) is 36.4 Å². The van der Waals surface area contributed by atoms with Crippen LogP contribution < -0.4 is 5.32 Å². The minimum atomic E-state index is -1.16. The number of hydrogen-bond donors (Lipinski definition) is 1. The van der Waals surface area contributed by atoms with Crippen LogP contribution in [0.25, 0.3) is 22.5 Å². The van der Waals surface area contributed by atoms with E-state index in [9.17, 15) is 13.4 Å². The second-order valence-corrected chi connectivity index (χ2v) is 7.38. The lowest BCUT2D eigenvalue weighted by Gasteiger charge is -2.10. The van der Waals surface area contributed by atoms with Crippen molar-refractivity contribution < 1.29 is 13.4 Å². The van der Waals surface area contributed by atoms with Crippen molar-refractivity contribution in [2.75, 3.05) is 11.1 Å². The van der Waals surface area contributed by atoms with Crippen LogP contribution in [0.15, 0.2) is 47.8 Å². The molecule has 0 aliphatic carbocycles. The van der Waals surface area contributed by atoms with Crippen LogP contribution in [0.4, 0.5) is 10.2 Å². The van der Waals surface area contributed by atoms with Gasteiger partial charge in [0.1, 0.15) is 11.6 Å². The number of anilines is 1. The average molecular weight is 370 g/mol. The van der Waals surface area contributed by atoms with Crippen molar-refractivity contribution >= 4 is 22.5 Å². The Balaban J connectivity index is 1.90. The van der Waals surface area contributed by atoms with Gasteiger partial charge in [-0.1, -0.05) is 0 Å². The summed E-state index contributed by atoms with van der Waals surface area (Å²) in [5, 5.41) is 3.17. The Bertz CT molecular complexity index is 1030. The first kappa shape index (κ1) is 16.6. The van der Waals surface area contributed by atoms with E-state index in [-0.39, 0.29) is 11.7 Å². The van der Waals surface area contributed by atoms with Gasteiger partial charge in [0.25, 0.3) is 0 Å². The third kappa shape index (κ3) is 2.92. The lowest BCUT2D eigenvalue weighted by Crippen LogP contribution is -2.07. The second-order valence-electron chi connectivity index (χ2n) is 5.91. The van der Waals surface area contributed by atoms with Crippen molar-refractivity contribution in [2.24, 2.45) is 0 Å². The first-order chi connectivity index (χ1) is 12.5. The summed E-state index contributed by atoms with van der Waals surface area (Å²) in [6, 6.07) is 9.60. The fourth-order valence-electron chi connectivity index (χ4n) is 3.01. The van der Waals surface area contributed by atoms with E-state index in [1.165, 1.54) is 19.1 Å². The lowest BCUT2D eigenvalue weighted by molar-refractivity contribution is -0.114. The number of benzene rings is 1. The maximum Gasteiger partial charge on any atom is 0.222 e. The van der Waals surface area contributed by atoms with E-state index in [0.717, 1.165) is 16.8 Å². The summed E-state index contributed by atoms with van der Waals surface area (Å²) in [6.45, 7) is 2.00. The minimum Gasteiger partial charge on any atom is -0.315 e. The first-order valence-corrected chi connectivity index (χ1v) is 9.33. The van der Waals surface area contributed by atoms with Gasteiger partial charge < -0.3 is 9.88 Å². The summed E-state index contributed by atoms with van der Waals surface area (Å²) >= 11 is 0. The predicted molar refractivity (Wildman–Crippen MR) is 96.4 cm³/mol. The highest BCUT2D eigenvalue weighted by molar-refractivity contribution is 7.85. The Morgan fingerprint density at radius 2 is 2.00 bits per heavy atom. The monoisotopic (exact) mass is 370 g/mol. The molecule has 1 N–H and O–H groups in total. The first-order valence-electron chi connectivity index (χ1n) is 8.02. The fraction of sp³-hybridized carbons (Fsp3) is 0.167. The van der Waals surface area contributed by atoms with Gasteiger partial charge in [0.05, 0.1) is 22.2 Å². The number of halogens is 1. The van der Waals surface area contributed by atoms with Crippen LogP contribution in [-0.2, 0) is 22.1 Å². The normalized spacial score (nSPS) is 15.7. The van der Waals surface area contributed by atoms with Crippen molar-refractivity contribution in [3.8, 4) is 22.5 Å². The molecule has 132 valence electrons. The Kier molecular flexibility index (Phi) is 4.12. The number of imidazole rings is 1. The SMILES string of the molecule is CC(=O)Nc1cc(-c2c(-c3ccc(F)cc3)nc3n2CCS3=O)ccn1. The van der Waals surface area contributed by atoms with Gasteiger partial charge in [0.2, 0.25) is 5.91 Å². The van der Waals surface area contributed by atoms with Crippen molar-refractivity contribution in [3.05, 3.63) is 48.4 Å². The fourth-order valence-corrected chi connectivity index (χ4v) is 4.16. The molecule has 26 heavy (non-hydrogen) atoms. The number of amides is 1. The molecule has 8 heteroatoms. The highest BCUT2D eigenvalue weighted by atomic mass is 32.2. The Hall–Kier alpha value is -2.87. The summed E-state index contributed by atoms with van der Waals surface area (Å²) in [4.78, 5) is 20.0. The molecule has 3 aromatic rings. The van der Waals surface area contributed by atoms with Crippen LogP contribution in [0.1, 0.15) is 6.92 Å². The third-order valence-corrected chi connectivity index (χ3v) is 5.36. The van der Waals surface area contributed by atoms with Crippen LogP contribution in [0, 0.1) is 5.82 Å². The number of nitrogens with zero attached hydrogens (tertiary/aromatic N) is 3. The lowest BCUT2D eigenvalue weighted by atomic mass is 10.1. The summed E-state index contributed by atoms with van der Waals surface area (Å²) in [6.07, 6.45) is 1.60. The van der Waals surface area contributed by atoms with Gasteiger partial charge in [0, 0.05) is 36.5 Å². The predicted octanol–water partition coefficient (Wildman–Crippen LogP) is 2.83. The number of carbonyl (C=O) groups is 1. The van der Waals surface area contributed by atoms with Gasteiger partial charge in [-0.25, -0.2) is 14.4 Å². The van der Waals surface area contributed by atoms with Crippen LogP contribution in [-0.4, -0.2) is 30.4 Å². The van der Waals surface area contributed by atoms with Gasteiger partial charge in [-0.3, -0.25) is 9.00 Å². The summed E-state index contributed by atoms with van der Waals surface area (Å²) in [7, 11) is -1.16. The number of rotatable bonds is 3. The molecule has 0 fully saturated rings. The highest BCUT2D eigenvalue weighted by Gasteiger charge is 2.28. The van der Waals surface area contributed by atoms with E-state index in [0.29, 0.717) is 29.0 Å². The second kappa shape index (κ2) is 6.45. The number of fused-ring (bicyclic) bond motifs is 1. The number of aromatic nitrogens is 3. The Morgan fingerprint density at radius 1 is 1.23 bits per heavy atom. The van der Waals surface area contributed by atoms with Crippen LogP contribution in [0.3, 0.4) is 0 Å². The molecule has 1 aliphatic rings. The Labute approximate surface area is 151 Å². The molecule has 2 aromatic heterocycles. The standard InChI is InChI=1S/C18H15FN4O2S/c1-11(24)21-15-10-13(6-7-20-15)17-16(12-2-4-14(19)5-3-12)22-18-23(17)8-9-26(18)25/h2-7,10H,8-9H2,1H3,(H,20,21,24). The molecule has 1 aliphatic heterocycles. The molecule has 0 spiro atoms. The van der Waals surface area contributed by atoms with Gasteiger partial charge in [-0.2, -0.15) is 0 Å². The van der Waals surface area contributed by atoms with Crippen molar-refractivity contribution in [1.29, 1.82) is 0 Å². The molecule has 6 nitrogen and oxygen atoms in total. The molecule has 4 rings (SSSR count). The maximum atomic E-state index is 13.3. The van der Waals surface area contributed by atoms with Gasteiger partial charge >= 0.3 is 0 Å². The topological polar surface area (TPSA) is 76.9 Å². The third-order valence-electron chi connectivity index (χ3n) is 4.09. The van der Waals surface area contributed by atoms with Gasteiger partial charge in [0.15, 0.2) is 5.16 Å². The number of nitrogens with one attached hydrogen (secondary N) is 1. The molecule has 1 amide bonds. The van der Waals surface area contributed by atoms with Crippen LogP contribution in [0.5, 0.6) is 0 Å². The maximum absolute atomic E-state index is 13.3. The molecule has 0 saturated carbocycles. The zero-order chi connectivity index (χ0) is 18.3. The van der Waals surface area contributed by atoms with Crippen molar-refractivity contribution in [1.82, 2.24) is 14.5 Å². The summed E-state index contributed by atoms with van der Waals surface area (Å²) < 4.78 is 27.5. The molecule has 0 radical (unpaired) electrons. The largest absolute Gasteiger partial charge is 0.315 e. The number of hydrogen-bond acceptors (Lipinski definition) is 4. The van der Waals surface area contributed by atoms with Crippen molar-refractivity contribution in [2.45, 2.75) is 18.6 Å². The Morgan fingerprint density at radius 3 is 2.73 bits per heavy atom. The van der Waals surface area contributed by atoms with Crippen LogP contribution >= 0.6 is 0 Å². The van der Waals surface area contributed by atoms with E-state index >= 15 is 0 Å². The zero-order valence-electron chi connectivity index (χ0n) is 13.9. The van der Waals surface area contributed by atoms with Gasteiger partial charge in [-0.15, -0.1) is 0 Å². The summed E-state index contributed by atoms with van der Waals surface area (Å²) in [5.74, 6) is 0.396. The molecule has 0 bridgehead atoms. The molecule has 1 atom stereocenters. The van der Waals surface area contributed by atoms with E-state index in [2.05, 4.69) is 15.3 Å². The smallest absolute Gasteiger partial charge is 0.222 e. The van der Waals surface area contributed by atoms with E-state index in [1.807, 2.05) is 10.6 Å². The minimum absolute atomic E-state index is 0.215. The average Bonchev–Trinajstić information content (AvgIpc) is 3.15. The van der Waals surface area contributed by atoms with Crippen molar-refractivity contribution in [3.63, 3.8) is 0 Å². The summed E-state index contributed by atoms with van der Waals surface area (Å²) in [5.41, 5.74) is 2.94. The molecular weight excluding hydrogens is 355 g/mol. The number of carbonyl (C=O) groups excluding carboxylic acids is 1. The van der Waals surface area contributed by atoms with E-state index in [1.54, 1.807) is 24.4 Å². The molecule has 0 saturated heterocycles. The molecule has 1 unspecified atom stereocenters. The zero-order valence-corrected chi connectivity index (χ0v) is 14.7. The highest BCUT2D eigenvalue weighted by Crippen LogP contribution is 2.36. The quantitative estimate of drug-likeness (QED) is 0.769.